The van der Waals surface area contributed by atoms with Crippen LogP contribution < -0.4 is 0 Å². The molecule has 4 aromatic carbocycles. The van der Waals surface area contributed by atoms with Gasteiger partial charge in [0.1, 0.15) is 6.04 Å². The summed E-state index contributed by atoms with van der Waals surface area (Å²) in [5.74, 6) is -0.988. The standard InChI is InChI=1S/C34H31N3O3/c38-32-28-18-10-11-19-29(28)33(39)37(32)30(24-25-12-4-1-5-13-25)34(40)36-22-20-35(21-23-36)31(26-14-6-2-7-15-26)27-16-8-3-9-17-27/h1-19,30-31H,20-24H2. The molecule has 200 valence electrons. The van der Waals surface area contributed by atoms with Gasteiger partial charge >= 0.3 is 0 Å². The molecule has 0 aromatic heterocycles. The molecule has 0 aliphatic carbocycles. The normalized spacial score (nSPS) is 16.3. The summed E-state index contributed by atoms with van der Waals surface area (Å²) < 4.78 is 0. The van der Waals surface area contributed by atoms with Gasteiger partial charge in [-0.1, -0.05) is 103 Å². The molecule has 1 unspecified atom stereocenters. The fraction of sp³-hybridized carbons (Fsp3) is 0.206. The van der Waals surface area contributed by atoms with Gasteiger partial charge in [0.05, 0.1) is 17.2 Å². The number of rotatable bonds is 7. The molecular weight excluding hydrogens is 498 g/mol. The van der Waals surface area contributed by atoms with Gasteiger partial charge in [-0.25, -0.2) is 0 Å². The zero-order valence-corrected chi connectivity index (χ0v) is 22.2. The van der Waals surface area contributed by atoms with Gasteiger partial charge in [-0.3, -0.25) is 24.2 Å². The van der Waals surface area contributed by atoms with E-state index in [1.165, 1.54) is 16.0 Å². The maximum atomic E-state index is 14.1. The first-order valence-electron chi connectivity index (χ1n) is 13.8. The van der Waals surface area contributed by atoms with E-state index in [-0.39, 0.29) is 18.4 Å². The molecule has 2 heterocycles. The lowest BCUT2D eigenvalue weighted by Gasteiger charge is -2.41. The number of piperazine rings is 1. The summed E-state index contributed by atoms with van der Waals surface area (Å²) in [6.45, 7) is 2.40. The highest BCUT2D eigenvalue weighted by atomic mass is 16.2. The second-order valence-corrected chi connectivity index (χ2v) is 10.3. The van der Waals surface area contributed by atoms with Crippen LogP contribution in [0.5, 0.6) is 0 Å². The second kappa shape index (κ2) is 11.3. The highest BCUT2D eigenvalue weighted by Gasteiger charge is 2.44. The first kappa shape index (κ1) is 25.7. The molecule has 0 saturated carbocycles. The molecule has 3 amide bonds. The third-order valence-corrected chi connectivity index (χ3v) is 7.92. The largest absolute Gasteiger partial charge is 0.338 e. The van der Waals surface area contributed by atoms with Gasteiger partial charge in [-0.15, -0.1) is 0 Å². The number of hydrogen-bond acceptors (Lipinski definition) is 4. The Morgan fingerprint density at radius 1 is 0.600 bits per heavy atom. The Bertz CT molecular complexity index is 1420. The molecule has 0 N–H and O–H groups in total. The van der Waals surface area contributed by atoms with Crippen LogP contribution >= 0.6 is 0 Å². The van der Waals surface area contributed by atoms with E-state index >= 15 is 0 Å². The third kappa shape index (κ3) is 4.94. The summed E-state index contributed by atoms with van der Waals surface area (Å²) >= 11 is 0. The molecule has 2 aliphatic heterocycles. The van der Waals surface area contributed by atoms with E-state index in [0.29, 0.717) is 37.3 Å². The van der Waals surface area contributed by atoms with Crippen molar-refractivity contribution in [1.29, 1.82) is 0 Å². The van der Waals surface area contributed by atoms with Gasteiger partial charge in [0.25, 0.3) is 11.8 Å². The summed E-state index contributed by atoms with van der Waals surface area (Å²) in [7, 11) is 0. The monoisotopic (exact) mass is 529 g/mol. The lowest BCUT2D eigenvalue weighted by Crippen LogP contribution is -2.57. The molecule has 4 aromatic rings. The fourth-order valence-corrected chi connectivity index (χ4v) is 5.91. The fourth-order valence-electron chi connectivity index (χ4n) is 5.91. The van der Waals surface area contributed by atoms with Gasteiger partial charge in [-0.05, 0) is 28.8 Å². The average molecular weight is 530 g/mol. The Balaban J connectivity index is 1.24. The van der Waals surface area contributed by atoms with Crippen molar-refractivity contribution in [3.05, 3.63) is 143 Å². The number of benzene rings is 4. The maximum Gasteiger partial charge on any atom is 0.262 e. The molecule has 40 heavy (non-hydrogen) atoms. The van der Waals surface area contributed by atoms with Crippen molar-refractivity contribution in [1.82, 2.24) is 14.7 Å². The van der Waals surface area contributed by atoms with Crippen LogP contribution in [0.2, 0.25) is 0 Å². The molecule has 0 radical (unpaired) electrons. The lowest BCUT2D eigenvalue weighted by atomic mass is 9.96. The summed E-state index contributed by atoms with van der Waals surface area (Å²) in [4.78, 5) is 46.3. The number of fused-ring (bicyclic) bond motifs is 1. The minimum atomic E-state index is -0.902. The molecule has 6 heteroatoms. The van der Waals surface area contributed by atoms with Gasteiger partial charge in [0.2, 0.25) is 5.91 Å². The van der Waals surface area contributed by atoms with Gasteiger partial charge < -0.3 is 4.90 Å². The zero-order chi connectivity index (χ0) is 27.5. The molecular formula is C34H31N3O3. The van der Waals surface area contributed by atoms with Crippen LogP contribution in [-0.2, 0) is 11.2 Å². The summed E-state index contributed by atoms with van der Waals surface area (Å²) in [6.07, 6.45) is 0.280. The molecule has 2 aliphatic rings. The molecule has 0 spiro atoms. The van der Waals surface area contributed by atoms with Crippen molar-refractivity contribution in [2.75, 3.05) is 26.2 Å². The van der Waals surface area contributed by atoms with Crippen LogP contribution in [0.1, 0.15) is 43.4 Å². The quantitative estimate of drug-likeness (QED) is 0.322. The minimum Gasteiger partial charge on any atom is -0.338 e. The molecule has 6 rings (SSSR count). The Hall–Kier alpha value is -4.55. The number of carbonyl (C=O) groups is 3. The van der Waals surface area contributed by atoms with E-state index < -0.39 is 17.9 Å². The van der Waals surface area contributed by atoms with Gasteiger partial charge in [0.15, 0.2) is 0 Å². The van der Waals surface area contributed by atoms with Crippen LogP contribution in [0, 0.1) is 0 Å². The molecule has 1 fully saturated rings. The predicted molar refractivity (Wildman–Crippen MR) is 154 cm³/mol. The number of carbonyl (C=O) groups excluding carboxylic acids is 3. The van der Waals surface area contributed by atoms with Crippen LogP contribution in [0.3, 0.4) is 0 Å². The maximum absolute atomic E-state index is 14.1. The predicted octanol–water partition coefficient (Wildman–Crippen LogP) is 4.83. The number of amides is 3. The number of nitrogens with zero attached hydrogens (tertiary/aromatic N) is 3. The van der Waals surface area contributed by atoms with Crippen molar-refractivity contribution >= 4 is 17.7 Å². The first-order chi connectivity index (χ1) is 19.6. The Labute approximate surface area is 234 Å². The van der Waals surface area contributed by atoms with Crippen LogP contribution in [0.15, 0.2) is 115 Å². The Morgan fingerprint density at radius 3 is 1.55 bits per heavy atom. The van der Waals surface area contributed by atoms with E-state index in [0.717, 1.165) is 5.56 Å². The van der Waals surface area contributed by atoms with Crippen LogP contribution in [0.4, 0.5) is 0 Å². The van der Waals surface area contributed by atoms with Crippen molar-refractivity contribution in [3.8, 4) is 0 Å². The smallest absolute Gasteiger partial charge is 0.262 e. The summed E-state index contributed by atoms with van der Waals surface area (Å²) in [5.41, 5.74) is 4.04. The SMILES string of the molecule is O=C(C(Cc1ccccc1)N1C(=O)c2ccccc2C1=O)N1CCN(C(c2ccccc2)c2ccccc2)CC1. The van der Waals surface area contributed by atoms with E-state index in [9.17, 15) is 14.4 Å². The van der Waals surface area contributed by atoms with Crippen molar-refractivity contribution in [3.63, 3.8) is 0 Å². The second-order valence-electron chi connectivity index (χ2n) is 10.3. The molecule has 1 saturated heterocycles. The highest BCUT2D eigenvalue weighted by Crippen LogP contribution is 2.31. The van der Waals surface area contributed by atoms with Gasteiger partial charge in [-0.2, -0.15) is 0 Å². The zero-order valence-electron chi connectivity index (χ0n) is 22.2. The van der Waals surface area contributed by atoms with Crippen molar-refractivity contribution in [2.24, 2.45) is 0 Å². The van der Waals surface area contributed by atoms with Crippen LogP contribution in [0.25, 0.3) is 0 Å². The third-order valence-electron chi connectivity index (χ3n) is 7.92. The average Bonchev–Trinajstić information content (AvgIpc) is 3.27. The van der Waals surface area contributed by atoms with E-state index in [1.54, 1.807) is 24.3 Å². The van der Waals surface area contributed by atoms with E-state index in [1.807, 2.05) is 47.4 Å². The highest BCUT2D eigenvalue weighted by molar-refractivity contribution is 6.22. The first-order valence-corrected chi connectivity index (χ1v) is 13.8. The molecule has 0 bridgehead atoms. The minimum absolute atomic E-state index is 0.0796. The van der Waals surface area contributed by atoms with Crippen LogP contribution in [-0.4, -0.2) is 64.6 Å². The van der Waals surface area contributed by atoms with Crippen molar-refractivity contribution in [2.45, 2.75) is 18.5 Å². The van der Waals surface area contributed by atoms with Gasteiger partial charge in [0, 0.05) is 32.6 Å². The molecule has 1 atom stereocenters. The van der Waals surface area contributed by atoms with E-state index in [4.69, 9.17) is 0 Å². The Kier molecular flexibility index (Phi) is 7.25. The Morgan fingerprint density at radius 2 is 1.05 bits per heavy atom. The number of hydrogen-bond donors (Lipinski definition) is 0. The van der Waals surface area contributed by atoms with Crippen molar-refractivity contribution < 1.29 is 14.4 Å². The summed E-state index contributed by atoms with van der Waals surface area (Å²) in [5, 5.41) is 0. The number of imide groups is 1. The van der Waals surface area contributed by atoms with E-state index in [2.05, 4.69) is 53.4 Å². The summed E-state index contributed by atoms with van der Waals surface area (Å²) in [6, 6.07) is 36.4. The lowest BCUT2D eigenvalue weighted by molar-refractivity contribution is -0.137. The molecule has 6 nitrogen and oxygen atoms in total. The topological polar surface area (TPSA) is 60.9 Å².